The molecule has 0 atom stereocenters. The van der Waals surface area contributed by atoms with Gasteiger partial charge in [-0.1, -0.05) is 19.9 Å². The van der Waals surface area contributed by atoms with Gasteiger partial charge in [0.2, 0.25) is 0 Å². The lowest BCUT2D eigenvalue weighted by atomic mass is 10.1. The van der Waals surface area contributed by atoms with Crippen LogP contribution < -0.4 is 5.32 Å². The maximum Gasteiger partial charge on any atom is 0.180 e. The minimum Gasteiger partial charge on any atom is -0.504 e. The Hall–Kier alpha value is -1.26. The van der Waals surface area contributed by atoms with Crippen LogP contribution in [0.1, 0.15) is 24.2 Å². The number of hydrogen-bond acceptors (Lipinski definition) is 4. The summed E-state index contributed by atoms with van der Waals surface area (Å²) in [6, 6.07) is 4.55. The molecular formula is C11H16ClNO3. The number of rotatable bonds is 4. The molecule has 1 aromatic rings. The Bertz CT molecular complexity index is 366. The molecule has 0 radical (unpaired) electrons. The van der Waals surface area contributed by atoms with Gasteiger partial charge in [0.1, 0.15) is 0 Å². The van der Waals surface area contributed by atoms with Gasteiger partial charge < -0.3 is 15.5 Å². The molecule has 0 heterocycles. The molecule has 0 unspecified atom stereocenters. The Balaban J connectivity index is 0.00000225. The molecule has 4 nitrogen and oxygen atoms in total. The summed E-state index contributed by atoms with van der Waals surface area (Å²) < 4.78 is 0. The summed E-state index contributed by atoms with van der Waals surface area (Å²) in [5, 5.41) is 21.6. The van der Waals surface area contributed by atoms with E-state index in [9.17, 15) is 15.0 Å². The van der Waals surface area contributed by atoms with Crippen LogP contribution >= 0.6 is 12.4 Å². The van der Waals surface area contributed by atoms with Crippen molar-refractivity contribution in [2.75, 3.05) is 6.54 Å². The first-order valence-corrected chi connectivity index (χ1v) is 4.80. The summed E-state index contributed by atoms with van der Waals surface area (Å²) in [4.78, 5) is 11.6. The number of para-hydroxylation sites is 1. The van der Waals surface area contributed by atoms with E-state index in [0.29, 0.717) is 0 Å². The zero-order chi connectivity index (χ0) is 11.4. The van der Waals surface area contributed by atoms with Crippen molar-refractivity contribution in [2.45, 2.75) is 19.9 Å². The van der Waals surface area contributed by atoms with E-state index in [1.807, 2.05) is 13.8 Å². The van der Waals surface area contributed by atoms with Gasteiger partial charge >= 0.3 is 0 Å². The number of nitrogens with one attached hydrogen (secondary N) is 1. The fourth-order valence-corrected chi connectivity index (χ4v) is 1.15. The third-order valence-electron chi connectivity index (χ3n) is 1.99. The minimum atomic E-state index is -0.354. The van der Waals surface area contributed by atoms with Crippen molar-refractivity contribution in [2.24, 2.45) is 0 Å². The number of phenolic OH excluding ortho intramolecular Hbond substituents is 2. The third kappa shape index (κ3) is 3.72. The number of phenols is 2. The lowest BCUT2D eigenvalue weighted by Gasteiger charge is -2.08. The molecule has 0 spiro atoms. The first kappa shape index (κ1) is 14.7. The van der Waals surface area contributed by atoms with Gasteiger partial charge in [-0.15, -0.1) is 12.4 Å². The minimum absolute atomic E-state index is 0. The molecule has 90 valence electrons. The number of ketones is 1. The van der Waals surface area contributed by atoms with Gasteiger partial charge in [-0.2, -0.15) is 0 Å². The second-order valence-electron chi connectivity index (χ2n) is 3.63. The zero-order valence-corrected chi connectivity index (χ0v) is 10.0. The molecule has 0 saturated carbocycles. The van der Waals surface area contributed by atoms with Crippen molar-refractivity contribution >= 4 is 18.2 Å². The highest BCUT2D eigenvalue weighted by atomic mass is 35.5. The van der Waals surface area contributed by atoms with Gasteiger partial charge in [0, 0.05) is 6.04 Å². The van der Waals surface area contributed by atoms with E-state index in [0.717, 1.165) is 0 Å². The van der Waals surface area contributed by atoms with Crippen LogP contribution in [0, 0.1) is 0 Å². The SMILES string of the molecule is CC(C)NCC(=O)c1cccc(O)c1O.Cl. The van der Waals surface area contributed by atoms with E-state index < -0.39 is 0 Å². The summed E-state index contributed by atoms with van der Waals surface area (Å²) in [6.07, 6.45) is 0. The van der Waals surface area contributed by atoms with E-state index in [-0.39, 0.29) is 47.8 Å². The Morgan fingerprint density at radius 2 is 2.00 bits per heavy atom. The van der Waals surface area contributed by atoms with E-state index >= 15 is 0 Å². The largest absolute Gasteiger partial charge is 0.504 e. The number of aromatic hydroxyl groups is 2. The Labute approximate surface area is 101 Å². The highest BCUT2D eigenvalue weighted by molar-refractivity contribution is 6.00. The molecule has 0 aromatic heterocycles. The molecule has 0 aliphatic carbocycles. The quantitative estimate of drug-likeness (QED) is 0.558. The number of benzene rings is 1. The number of Topliss-reactive ketones (excluding diaryl/α,β-unsaturated/α-hetero) is 1. The number of carbonyl (C=O) groups is 1. The Morgan fingerprint density at radius 3 is 2.56 bits per heavy atom. The van der Waals surface area contributed by atoms with Crippen LogP contribution in [0.2, 0.25) is 0 Å². The van der Waals surface area contributed by atoms with Crippen molar-refractivity contribution in [3.63, 3.8) is 0 Å². The van der Waals surface area contributed by atoms with Gasteiger partial charge in [-0.05, 0) is 12.1 Å². The standard InChI is InChI=1S/C11H15NO3.ClH/c1-7(2)12-6-10(14)8-4-3-5-9(13)11(8)15;/h3-5,7,12-13,15H,6H2,1-2H3;1H. The molecule has 1 aromatic carbocycles. The lowest BCUT2D eigenvalue weighted by molar-refractivity contribution is 0.0985. The van der Waals surface area contributed by atoms with Crippen molar-refractivity contribution in [1.82, 2.24) is 5.32 Å². The Morgan fingerprint density at radius 1 is 1.38 bits per heavy atom. The normalized spacial score (nSPS) is 9.94. The number of hydrogen-bond donors (Lipinski definition) is 3. The molecule has 3 N–H and O–H groups in total. The van der Waals surface area contributed by atoms with E-state index in [1.54, 1.807) is 0 Å². The van der Waals surface area contributed by atoms with Crippen LogP contribution in [0.3, 0.4) is 0 Å². The van der Waals surface area contributed by atoms with Crippen molar-refractivity contribution in [1.29, 1.82) is 0 Å². The maximum absolute atomic E-state index is 11.6. The maximum atomic E-state index is 11.6. The summed E-state index contributed by atoms with van der Waals surface area (Å²) in [7, 11) is 0. The zero-order valence-electron chi connectivity index (χ0n) is 9.23. The third-order valence-corrected chi connectivity index (χ3v) is 1.99. The van der Waals surface area contributed by atoms with Gasteiger partial charge in [-0.25, -0.2) is 0 Å². The molecule has 5 heteroatoms. The summed E-state index contributed by atoms with van der Waals surface area (Å²) in [5.41, 5.74) is 0.142. The summed E-state index contributed by atoms with van der Waals surface area (Å²) in [6.45, 7) is 4.00. The molecule has 1 rings (SSSR count). The second kappa shape index (κ2) is 6.35. The van der Waals surface area contributed by atoms with Crippen molar-refractivity contribution < 1.29 is 15.0 Å². The van der Waals surface area contributed by atoms with Crippen LogP contribution in [0.25, 0.3) is 0 Å². The van der Waals surface area contributed by atoms with Crippen molar-refractivity contribution in [3.05, 3.63) is 23.8 Å². The highest BCUT2D eigenvalue weighted by Gasteiger charge is 2.13. The predicted octanol–water partition coefficient (Wildman–Crippen LogP) is 1.70. The van der Waals surface area contributed by atoms with Gasteiger partial charge in [0.25, 0.3) is 0 Å². The molecule has 0 aliphatic heterocycles. The molecule has 0 saturated heterocycles. The molecule has 0 fully saturated rings. The first-order chi connectivity index (χ1) is 7.02. The molecule has 16 heavy (non-hydrogen) atoms. The molecule has 0 aliphatic rings. The lowest BCUT2D eigenvalue weighted by Crippen LogP contribution is -2.29. The Kier molecular flexibility index (Phi) is 5.85. The average molecular weight is 246 g/mol. The van der Waals surface area contributed by atoms with Crippen LogP contribution in [-0.4, -0.2) is 28.6 Å². The summed E-state index contributed by atoms with van der Waals surface area (Å²) in [5.74, 6) is -0.865. The fraction of sp³-hybridized carbons (Fsp3) is 0.364. The van der Waals surface area contributed by atoms with Crippen LogP contribution in [0.4, 0.5) is 0 Å². The predicted molar refractivity (Wildman–Crippen MR) is 64.5 cm³/mol. The van der Waals surface area contributed by atoms with Gasteiger partial charge in [0.15, 0.2) is 17.3 Å². The van der Waals surface area contributed by atoms with Crippen LogP contribution in [0.15, 0.2) is 18.2 Å². The topological polar surface area (TPSA) is 69.6 Å². The monoisotopic (exact) mass is 245 g/mol. The first-order valence-electron chi connectivity index (χ1n) is 4.80. The average Bonchev–Trinajstić information content (AvgIpc) is 2.18. The smallest absolute Gasteiger partial charge is 0.180 e. The number of halogens is 1. The molecular weight excluding hydrogens is 230 g/mol. The molecule has 0 amide bonds. The second-order valence-corrected chi connectivity index (χ2v) is 3.63. The van der Waals surface area contributed by atoms with Gasteiger partial charge in [-0.3, -0.25) is 4.79 Å². The fourth-order valence-electron chi connectivity index (χ4n) is 1.15. The highest BCUT2D eigenvalue weighted by Crippen LogP contribution is 2.28. The van der Waals surface area contributed by atoms with Crippen molar-refractivity contribution in [3.8, 4) is 11.5 Å². The molecule has 0 bridgehead atoms. The number of carbonyl (C=O) groups excluding carboxylic acids is 1. The summed E-state index contributed by atoms with van der Waals surface area (Å²) >= 11 is 0. The van der Waals surface area contributed by atoms with Gasteiger partial charge in [0.05, 0.1) is 12.1 Å². The van der Waals surface area contributed by atoms with E-state index in [1.165, 1.54) is 18.2 Å². The van der Waals surface area contributed by atoms with Crippen LogP contribution in [0.5, 0.6) is 11.5 Å². The van der Waals surface area contributed by atoms with Crippen LogP contribution in [-0.2, 0) is 0 Å². The van der Waals surface area contributed by atoms with E-state index in [4.69, 9.17) is 0 Å². The van der Waals surface area contributed by atoms with E-state index in [2.05, 4.69) is 5.32 Å².